The Bertz CT molecular complexity index is 904. The Balaban J connectivity index is 1.65. The van der Waals surface area contributed by atoms with E-state index in [2.05, 4.69) is 25.5 Å². The molecule has 0 amide bonds. The fraction of sp³-hybridized carbons (Fsp3) is 0.400. The van der Waals surface area contributed by atoms with Crippen LogP contribution in [0.15, 0.2) is 11.7 Å². The molecule has 1 saturated heterocycles. The van der Waals surface area contributed by atoms with E-state index < -0.39 is 0 Å². The summed E-state index contributed by atoms with van der Waals surface area (Å²) in [5.74, 6) is 0.133. The van der Waals surface area contributed by atoms with Crippen LogP contribution < -0.4 is 5.32 Å². The van der Waals surface area contributed by atoms with Gasteiger partial charge in [-0.3, -0.25) is 0 Å². The molecular weight excluding hydrogens is 362 g/mol. The minimum atomic E-state index is -0.385. The Morgan fingerprint density at radius 3 is 3.16 bits per heavy atom. The Kier molecular flexibility index (Phi) is 4.55. The summed E-state index contributed by atoms with van der Waals surface area (Å²) in [7, 11) is 0. The molecule has 10 heteroatoms. The summed E-state index contributed by atoms with van der Waals surface area (Å²) in [6.45, 7) is 2.85. The van der Waals surface area contributed by atoms with Crippen molar-refractivity contribution in [2.45, 2.75) is 25.9 Å². The van der Waals surface area contributed by atoms with Gasteiger partial charge in [0.15, 0.2) is 0 Å². The zero-order valence-corrected chi connectivity index (χ0v) is 15.0. The number of carbonyl (C=O) groups is 1. The quantitative estimate of drug-likeness (QED) is 0.676. The van der Waals surface area contributed by atoms with Gasteiger partial charge in [-0.25, -0.2) is 14.8 Å². The smallest absolute Gasteiger partial charge is 0.339 e. The summed E-state index contributed by atoms with van der Waals surface area (Å²) in [6, 6.07) is 0. The van der Waals surface area contributed by atoms with Crippen LogP contribution in [0.1, 0.15) is 41.2 Å². The fourth-order valence-electron chi connectivity index (χ4n) is 2.62. The van der Waals surface area contributed by atoms with Gasteiger partial charge in [0.2, 0.25) is 5.13 Å². The molecule has 1 fully saturated rings. The molecule has 3 aromatic heterocycles. The van der Waals surface area contributed by atoms with E-state index in [1.165, 1.54) is 29.0 Å². The molecule has 1 unspecified atom stereocenters. The van der Waals surface area contributed by atoms with Crippen LogP contribution in [0.3, 0.4) is 0 Å². The van der Waals surface area contributed by atoms with Crippen LogP contribution >= 0.6 is 22.7 Å². The zero-order chi connectivity index (χ0) is 17.2. The highest BCUT2D eigenvalue weighted by Crippen LogP contribution is 2.35. The molecule has 4 rings (SSSR count). The number of carbonyl (C=O) groups excluding carboxylic acids is 1. The van der Waals surface area contributed by atoms with Crippen LogP contribution in [0.4, 0.5) is 10.9 Å². The molecule has 8 nitrogen and oxygen atoms in total. The largest absolute Gasteiger partial charge is 0.462 e. The van der Waals surface area contributed by atoms with E-state index in [9.17, 15) is 4.79 Å². The first-order valence-electron chi connectivity index (χ1n) is 7.87. The number of hydrogen-bond acceptors (Lipinski definition) is 10. The second kappa shape index (κ2) is 6.98. The van der Waals surface area contributed by atoms with Crippen molar-refractivity contribution < 1.29 is 14.3 Å². The maximum absolute atomic E-state index is 12.2. The standard InChI is InChI=1S/C15H15N5O3S2/c1-2-22-14(21)8-6-24-13-10(8)11(16-7-17-13)18-15-20-19-12(25-15)9-4-3-5-23-9/h6-7,9H,2-5H2,1H3,(H,16,17,18,20). The molecule has 0 aromatic carbocycles. The van der Waals surface area contributed by atoms with Crippen molar-refractivity contribution in [2.75, 3.05) is 18.5 Å². The minimum absolute atomic E-state index is 0.0229. The summed E-state index contributed by atoms with van der Waals surface area (Å²) >= 11 is 2.80. The Labute approximate surface area is 151 Å². The molecule has 130 valence electrons. The second-order valence-corrected chi connectivity index (χ2v) is 7.21. The van der Waals surface area contributed by atoms with Gasteiger partial charge in [-0.15, -0.1) is 21.5 Å². The van der Waals surface area contributed by atoms with E-state index in [1.54, 1.807) is 12.3 Å². The van der Waals surface area contributed by atoms with Crippen molar-refractivity contribution in [2.24, 2.45) is 0 Å². The predicted molar refractivity (Wildman–Crippen MR) is 94.5 cm³/mol. The van der Waals surface area contributed by atoms with Gasteiger partial charge in [0.1, 0.15) is 28.1 Å². The Morgan fingerprint density at radius 1 is 1.44 bits per heavy atom. The maximum Gasteiger partial charge on any atom is 0.339 e. The van der Waals surface area contributed by atoms with Crippen molar-refractivity contribution in [1.82, 2.24) is 20.2 Å². The third-order valence-electron chi connectivity index (χ3n) is 3.74. The highest BCUT2D eigenvalue weighted by Gasteiger charge is 2.23. The molecule has 3 aromatic rings. The lowest BCUT2D eigenvalue weighted by Crippen LogP contribution is -2.05. The van der Waals surface area contributed by atoms with Crippen molar-refractivity contribution in [3.05, 3.63) is 22.3 Å². The molecule has 1 aliphatic rings. The van der Waals surface area contributed by atoms with Gasteiger partial charge in [-0.1, -0.05) is 11.3 Å². The fourth-order valence-corrected chi connectivity index (χ4v) is 4.32. The second-order valence-electron chi connectivity index (χ2n) is 5.34. The number of hydrogen-bond donors (Lipinski definition) is 1. The van der Waals surface area contributed by atoms with E-state index in [0.717, 1.165) is 24.5 Å². The van der Waals surface area contributed by atoms with Crippen molar-refractivity contribution in [3.63, 3.8) is 0 Å². The third kappa shape index (κ3) is 3.20. The van der Waals surface area contributed by atoms with Crippen LogP contribution in [-0.4, -0.2) is 39.3 Å². The normalized spacial score (nSPS) is 17.1. The minimum Gasteiger partial charge on any atom is -0.462 e. The number of ether oxygens (including phenoxy) is 2. The number of anilines is 2. The molecule has 4 heterocycles. The van der Waals surface area contributed by atoms with E-state index in [0.29, 0.717) is 33.3 Å². The van der Waals surface area contributed by atoms with Gasteiger partial charge in [0.05, 0.1) is 17.6 Å². The molecular formula is C15H15N5O3S2. The van der Waals surface area contributed by atoms with Gasteiger partial charge in [0, 0.05) is 12.0 Å². The number of fused-ring (bicyclic) bond motifs is 1. The van der Waals surface area contributed by atoms with Gasteiger partial charge in [-0.05, 0) is 19.8 Å². The van der Waals surface area contributed by atoms with Gasteiger partial charge < -0.3 is 14.8 Å². The number of nitrogens with one attached hydrogen (secondary N) is 1. The van der Waals surface area contributed by atoms with Crippen molar-refractivity contribution >= 4 is 49.8 Å². The zero-order valence-electron chi connectivity index (χ0n) is 13.4. The summed E-state index contributed by atoms with van der Waals surface area (Å²) < 4.78 is 10.7. The maximum atomic E-state index is 12.2. The van der Waals surface area contributed by atoms with Crippen LogP contribution in [0.25, 0.3) is 10.2 Å². The van der Waals surface area contributed by atoms with Gasteiger partial charge in [-0.2, -0.15) is 0 Å². The Morgan fingerprint density at radius 2 is 2.36 bits per heavy atom. The summed E-state index contributed by atoms with van der Waals surface area (Å²) in [5.41, 5.74) is 0.453. The first-order valence-corrected chi connectivity index (χ1v) is 9.57. The number of aromatic nitrogens is 4. The monoisotopic (exact) mass is 377 g/mol. The molecule has 0 radical (unpaired) electrons. The molecule has 0 spiro atoms. The van der Waals surface area contributed by atoms with E-state index in [-0.39, 0.29) is 12.1 Å². The first-order chi connectivity index (χ1) is 12.3. The van der Waals surface area contributed by atoms with Crippen molar-refractivity contribution in [3.8, 4) is 0 Å². The number of thiophene rings is 1. The van der Waals surface area contributed by atoms with Gasteiger partial charge in [0.25, 0.3) is 0 Å². The van der Waals surface area contributed by atoms with Crippen LogP contribution in [-0.2, 0) is 9.47 Å². The van der Waals surface area contributed by atoms with E-state index in [1.807, 2.05) is 0 Å². The lowest BCUT2D eigenvalue weighted by Gasteiger charge is -2.05. The van der Waals surface area contributed by atoms with Crippen LogP contribution in [0.5, 0.6) is 0 Å². The number of esters is 1. The molecule has 1 aliphatic heterocycles. The van der Waals surface area contributed by atoms with Crippen LogP contribution in [0, 0.1) is 0 Å². The molecule has 1 N–H and O–H groups in total. The Hall–Kier alpha value is -2.17. The highest BCUT2D eigenvalue weighted by molar-refractivity contribution is 7.17. The first kappa shape index (κ1) is 16.3. The van der Waals surface area contributed by atoms with Crippen molar-refractivity contribution in [1.29, 1.82) is 0 Å². The molecule has 0 aliphatic carbocycles. The molecule has 0 bridgehead atoms. The van der Waals surface area contributed by atoms with Gasteiger partial charge >= 0.3 is 5.97 Å². The lowest BCUT2D eigenvalue weighted by molar-refractivity contribution is 0.0529. The molecule has 0 saturated carbocycles. The average molecular weight is 377 g/mol. The molecule has 25 heavy (non-hydrogen) atoms. The molecule has 1 atom stereocenters. The third-order valence-corrected chi connectivity index (χ3v) is 5.55. The van der Waals surface area contributed by atoms with E-state index >= 15 is 0 Å². The average Bonchev–Trinajstić information content (AvgIpc) is 3.35. The van der Waals surface area contributed by atoms with E-state index in [4.69, 9.17) is 9.47 Å². The highest BCUT2D eigenvalue weighted by atomic mass is 32.1. The summed E-state index contributed by atoms with van der Waals surface area (Å²) in [5, 5.41) is 15.3. The number of rotatable bonds is 5. The lowest BCUT2D eigenvalue weighted by atomic mass is 10.2. The topological polar surface area (TPSA) is 99.1 Å². The summed E-state index contributed by atoms with van der Waals surface area (Å²) in [4.78, 5) is 21.4. The SMILES string of the molecule is CCOC(=O)c1csc2ncnc(Nc3nnc(C4CCCO4)s3)c12. The van der Waals surface area contributed by atoms with Crippen LogP contribution in [0.2, 0.25) is 0 Å². The summed E-state index contributed by atoms with van der Waals surface area (Å²) in [6.07, 6.45) is 3.48. The predicted octanol–water partition coefficient (Wildman–Crippen LogP) is 3.31. The number of nitrogens with zero attached hydrogens (tertiary/aromatic N) is 4.